The lowest BCUT2D eigenvalue weighted by molar-refractivity contribution is -0.155. The first-order valence-corrected chi connectivity index (χ1v) is 8.11. The maximum atomic E-state index is 12.3. The number of rotatable bonds is 5. The van der Waals surface area contributed by atoms with Crippen molar-refractivity contribution in [2.24, 2.45) is 28.7 Å². The van der Waals surface area contributed by atoms with E-state index in [0.717, 1.165) is 5.71 Å². The molecule has 1 aliphatic heterocycles. The number of methoxy groups -OCH3 is 1. The van der Waals surface area contributed by atoms with Gasteiger partial charge in [-0.05, 0) is 44.6 Å². The van der Waals surface area contributed by atoms with Gasteiger partial charge in [-0.2, -0.15) is 0 Å². The average molecular weight is 309 g/mol. The highest BCUT2D eigenvalue weighted by Gasteiger charge is 2.35. The Morgan fingerprint density at radius 1 is 1.27 bits per heavy atom. The van der Waals surface area contributed by atoms with Crippen molar-refractivity contribution in [1.82, 2.24) is 0 Å². The van der Waals surface area contributed by atoms with Crippen LogP contribution in [0.3, 0.4) is 0 Å². The van der Waals surface area contributed by atoms with E-state index in [2.05, 4.69) is 32.7 Å². The zero-order valence-electron chi connectivity index (χ0n) is 15.3. The second kappa shape index (κ2) is 7.30. The largest absolute Gasteiger partial charge is 0.481 e. The van der Waals surface area contributed by atoms with E-state index in [0.29, 0.717) is 18.2 Å². The summed E-state index contributed by atoms with van der Waals surface area (Å²) in [6, 6.07) is 0. The molecule has 0 aromatic carbocycles. The van der Waals surface area contributed by atoms with E-state index < -0.39 is 5.60 Å². The summed E-state index contributed by atoms with van der Waals surface area (Å²) in [6.45, 7) is 14.2. The molecule has 1 aliphatic rings. The van der Waals surface area contributed by atoms with Crippen LogP contribution in [0, 0.1) is 23.7 Å². The molecule has 1 heterocycles. The predicted molar refractivity (Wildman–Crippen MR) is 89.6 cm³/mol. The average Bonchev–Trinajstić information content (AvgIpc) is 2.35. The quantitative estimate of drug-likeness (QED) is 0.715. The van der Waals surface area contributed by atoms with Crippen molar-refractivity contribution in [2.45, 2.75) is 60.5 Å². The summed E-state index contributed by atoms with van der Waals surface area (Å²) in [5.41, 5.74) is 0.575. The third-order valence-electron chi connectivity index (χ3n) is 3.80. The van der Waals surface area contributed by atoms with E-state index in [9.17, 15) is 4.79 Å². The Morgan fingerprint density at radius 3 is 2.27 bits per heavy atom. The van der Waals surface area contributed by atoms with E-state index in [4.69, 9.17) is 9.47 Å². The summed E-state index contributed by atoms with van der Waals surface area (Å²) in [5.74, 6) is 1.48. The van der Waals surface area contributed by atoms with Crippen LogP contribution in [0.25, 0.3) is 0 Å². The second-order valence-corrected chi connectivity index (χ2v) is 7.62. The van der Waals surface area contributed by atoms with Gasteiger partial charge < -0.3 is 9.47 Å². The van der Waals surface area contributed by atoms with Crippen molar-refractivity contribution in [2.75, 3.05) is 7.11 Å². The molecule has 1 rings (SSSR count). The van der Waals surface area contributed by atoms with Crippen molar-refractivity contribution >= 4 is 11.7 Å². The Bertz CT molecular complexity index is 455. The Hall–Kier alpha value is -1.32. The molecule has 126 valence electrons. The molecule has 2 atom stereocenters. The first-order valence-electron chi connectivity index (χ1n) is 8.11. The highest BCUT2D eigenvalue weighted by Crippen LogP contribution is 2.35. The summed E-state index contributed by atoms with van der Waals surface area (Å²) in [5, 5.41) is 0. The zero-order chi connectivity index (χ0) is 17.1. The van der Waals surface area contributed by atoms with Crippen LogP contribution in [0.2, 0.25) is 0 Å². The topological polar surface area (TPSA) is 47.9 Å². The predicted octanol–water partition coefficient (Wildman–Crippen LogP) is 4.21. The minimum absolute atomic E-state index is 0.0775. The van der Waals surface area contributed by atoms with Crippen LogP contribution < -0.4 is 0 Å². The first-order chi connectivity index (χ1) is 10.0. The standard InChI is InChI=1S/C18H31NO3/c1-11(2)13-9-15(21-8)19-17(12(3)4)14(13)10-16(20)22-18(5,6)7/h9,11-14H,10H2,1-8H3. The van der Waals surface area contributed by atoms with Gasteiger partial charge in [-0.25, -0.2) is 4.99 Å². The van der Waals surface area contributed by atoms with Crippen molar-refractivity contribution in [3.8, 4) is 0 Å². The van der Waals surface area contributed by atoms with E-state index in [1.807, 2.05) is 26.8 Å². The SMILES string of the molecule is COC1=CC(C(C)C)C(CC(=O)OC(C)(C)C)C(C(C)C)=N1. The number of aliphatic imine (C=N–C) groups is 1. The van der Waals surface area contributed by atoms with Crippen LogP contribution in [0.15, 0.2) is 17.0 Å². The lowest BCUT2D eigenvalue weighted by Gasteiger charge is -2.34. The van der Waals surface area contributed by atoms with Gasteiger partial charge in [-0.1, -0.05) is 27.7 Å². The fourth-order valence-corrected chi connectivity index (χ4v) is 2.86. The van der Waals surface area contributed by atoms with Crippen molar-refractivity contribution in [3.63, 3.8) is 0 Å². The molecule has 0 amide bonds. The van der Waals surface area contributed by atoms with Crippen LogP contribution >= 0.6 is 0 Å². The number of esters is 1. The van der Waals surface area contributed by atoms with Gasteiger partial charge in [0.15, 0.2) is 0 Å². The molecular formula is C18H31NO3. The van der Waals surface area contributed by atoms with Gasteiger partial charge in [0.05, 0.1) is 13.5 Å². The molecule has 0 N–H and O–H groups in total. The molecule has 0 fully saturated rings. The molecule has 0 aromatic rings. The molecule has 0 bridgehead atoms. The maximum absolute atomic E-state index is 12.3. The Labute approximate surface area is 135 Å². The van der Waals surface area contributed by atoms with Gasteiger partial charge in [-0.15, -0.1) is 0 Å². The third kappa shape index (κ3) is 5.15. The van der Waals surface area contributed by atoms with Crippen molar-refractivity contribution in [1.29, 1.82) is 0 Å². The number of hydrogen-bond donors (Lipinski definition) is 0. The highest BCUT2D eigenvalue weighted by molar-refractivity contribution is 5.93. The number of carbonyl (C=O) groups is 1. The molecule has 22 heavy (non-hydrogen) atoms. The van der Waals surface area contributed by atoms with E-state index in [-0.39, 0.29) is 23.7 Å². The van der Waals surface area contributed by atoms with Crippen molar-refractivity contribution in [3.05, 3.63) is 12.0 Å². The molecule has 4 heteroatoms. The second-order valence-electron chi connectivity index (χ2n) is 7.62. The van der Waals surface area contributed by atoms with Crippen LogP contribution in [0.4, 0.5) is 0 Å². The molecule has 2 unspecified atom stereocenters. The van der Waals surface area contributed by atoms with Gasteiger partial charge in [0.25, 0.3) is 0 Å². The number of nitrogens with zero attached hydrogens (tertiary/aromatic N) is 1. The summed E-state index contributed by atoms with van der Waals surface area (Å²) in [4.78, 5) is 16.9. The fraction of sp³-hybridized carbons (Fsp3) is 0.778. The minimum Gasteiger partial charge on any atom is -0.481 e. The molecule has 0 saturated heterocycles. The molecule has 0 spiro atoms. The summed E-state index contributed by atoms with van der Waals surface area (Å²) >= 11 is 0. The summed E-state index contributed by atoms with van der Waals surface area (Å²) in [6.07, 6.45) is 2.41. The number of carbonyl (C=O) groups excluding carboxylic acids is 1. The summed E-state index contributed by atoms with van der Waals surface area (Å²) < 4.78 is 10.8. The molecule has 0 radical (unpaired) electrons. The van der Waals surface area contributed by atoms with Gasteiger partial charge in [-0.3, -0.25) is 4.79 Å². The van der Waals surface area contributed by atoms with Crippen LogP contribution in [-0.2, 0) is 14.3 Å². The lowest BCUT2D eigenvalue weighted by atomic mass is 9.74. The van der Waals surface area contributed by atoms with Gasteiger partial charge in [0.2, 0.25) is 5.88 Å². The van der Waals surface area contributed by atoms with Gasteiger partial charge in [0.1, 0.15) is 5.60 Å². The first kappa shape index (κ1) is 18.7. The van der Waals surface area contributed by atoms with E-state index in [1.165, 1.54) is 0 Å². The minimum atomic E-state index is -0.457. The van der Waals surface area contributed by atoms with Gasteiger partial charge in [0, 0.05) is 11.6 Å². The molecule has 4 nitrogen and oxygen atoms in total. The maximum Gasteiger partial charge on any atom is 0.306 e. The van der Waals surface area contributed by atoms with Gasteiger partial charge >= 0.3 is 5.97 Å². The van der Waals surface area contributed by atoms with Crippen LogP contribution in [-0.4, -0.2) is 24.4 Å². The smallest absolute Gasteiger partial charge is 0.306 e. The number of allylic oxidation sites excluding steroid dienone is 1. The molecule has 0 saturated carbocycles. The van der Waals surface area contributed by atoms with E-state index >= 15 is 0 Å². The molecule has 0 aliphatic carbocycles. The normalized spacial score (nSPS) is 22.5. The Morgan fingerprint density at radius 2 is 1.86 bits per heavy atom. The van der Waals surface area contributed by atoms with Crippen LogP contribution in [0.5, 0.6) is 0 Å². The monoisotopic (exact) mass is 309 g/mol. The summed E-state index contributed by atoms with van der Waals surface area (Å²) in [7, 11) is 1.64. The third-order valence-corrected chi connectivity index (χ3v) is 3.80. The van der Waals surface area contributed by atoms with E-state index in [1.54, 1.807) is 7.11 Å². The fourth-order valence-electron chi connectivity index (χ4n) is 2.86. The van der Waals surface area contributed by atoms with Crippen LogP contribution in [0.1, 0.15) is 54.9 Å². The molecule has 0 aromatic heterocycles. The Balaban J connectivity index is 3.03. The number of hydrogen-bond acceptors (Lipinski definition) is 4. The lowest BCUT2D eigenvalue weighted by Crippen LogP contribution is -2.36. The highest BCUT2D eigenvalue weighted by atomic mass is 16.6. The van der Waals surface area contributed by atoms with Crippen molar-refractivity contribution < 1.29 is 14.3 Å². The number of ether oxygens (including phenoxy) is 2. The zero-order valence-corrected chi connectivity index (χ0v) is 15.3. The Kier molecular flexibility index (Phi) is 6.21. The molecular weight excluding hydrogens is 278 g/mol.